The highest BCUT2D eigenvalue weighted by Crippen LogP contribution is 2.39. The molecule has 2 aromatic rings. The molecule has 0 spiro atoms. The molecule has 132 valence electrons. The van der Waals surface area contributed by atoms with Crippen molar-refractivity contribution in [2.45, 2.75) is 13.0 Å². The van der Waals surface area contributed by atoms with Gasteiger partial charge in [0.25, 0.3) is 5.91 Å². The molecule has 1 atom stereocenters. The number of rotatable bonds is 6. The number of likely N-dealkylation sites (N-methyl/N-ethyl adjacent to an activating group) is 1. The topological polar surface area (TPSA) is 87.1 Å². The Morgan fingerprint density at radius 1 is 1.32 bits per heavy atom. The molecule has 1 unspecified atom stereocenters. The molecule has 1 aliphatic rings. The SMILES string of the molecule is Cc1ccc(C2C(C(=O)c3ccco3)=C(O)C(=O)N2CCN(C)C)o1. The second-order valence-electron chi connectivity index (χ2n) is 6.22. The van der Waals surface area contributed by atoms with Crippen LogP contribution < -0.4 is 0 Å². The summed E-state index contributed by atoms with van der Waals surface area (Å²) < 4.78 is 10.8. The molecule has 0 fully saturated rings. The zero-order chi connectivity index (χ0) is 18.1. The average Bonchev–Trinajstić information content (AvgIpc) is 3.27. The van der Waals surface area contributed by atoms with Crippen LogP contribution in [0.5, 0.6) is 0 Å². The third kappa shape index (κ3) is 3.10. The second kappa shape index (κ2) is 6.60. The summed E-state index contributed by atoms with van der Waals surface area (Å²) in [5.74, 6) is -0.510. The third-order valence-electron chi connectivity index (χ3n) is 4.11. The third-order valence-corrected chi connectivity index (χ3v) is 4.11. The lowest BCUT2D eigenvalue weighted by Crippen LogP contribution is -2.36. The molecule has 0 aliphatic carbocycles. The van der Waals surface area contributed by atoms with E-state index in [1.165, 1.54) is 17.2 Å². The number of aryl methyl sites for hydroxylation is 1. The molecular formula is C18H20N2O5. The summed E-state index contributed by atoms with van der Waals surface area (Å²) in [5, 5.41) is 10.4. The molecule has 7 heteroatoms. The number of amides is 1. The number of carbonyl (C=O) groups excluding carboxylic acids is 2. The van der Waals surface area contributed by atoms with Crippen molar-refractivity contribution in [2.24, 2.45) is 0 Å². The fraction of sp³-hybridized carbons (Fsp3) is 0.333. The van der Waals surface area contributed by atoms with Crippen molar-refractivity contribution >= 4 is 11.7 Å². The van der Waals surface area contributed by atoms with E-state index in [1.54, 1.807) is 25.1 Å². The van der Waals surface area contributed by atoms with Crippen LogP contribution in [-0.2, 0) is 4.79 Å². The van der Waals surface area contributed by atoms with E-state index in [1.807, 2.05) is 19.0 Å². The van der Waals surface area contributed by atoms with E-state index in [9.17, 15) is 14.7 Å². The summed E-state index contributed by atoms with van der Waals surface area (Å²) in [6, 6.07) is 5.77. The van der Waals surface area contributed by atoms with Crippen LogP contribution in [0.3, 0.4) is 0 Å². The second-order valence-corrected chi connectivity index (χ2v) is 6.22. The van der Waals surface area contributed by atoms with Gasteiger partial charge in [-0.3, -0.25) is 9.59 Å². The fourth-order valence-electron chi connectivity index (χ4n) is 2.86. The highest BCUT2D eigenvalue weighted by Gasteiger charge is 2.45. The van der Waals surface area contributed by atoms with Crippen LogP contribution in [0.2, 0.25) is 0 Å². The molecule has 0 saturated carbocycles. The van der Waals surface area contributed by atoms with Crippen molar-refractivity contribution in [3.63, 3.8) is 0 Å². The lowest BCUT2D eigenvalue weighted by Gasteiger charge is -2.26. The van der Waals surface area contributed by atoms with Crippen molar-refractivity contribution in [3.8, 4) is 0 Å². The van der Waals surface area contributed by atoms with E-state index in [4.69, 9.17) is 8.83 Å². The molecule has 1 amide bonds. The molecule has 25 heavy (non-hydrogen) atoms. The van der Waals surface area contributed by atoms with Gasteiger partial charge in [-0.05, 0) is 45.3 Å². The van der Waals surface area contributed by atoms with Gasteiger partial charge in [0.15, 0.2) is 11.5 Å². The monoisotopic (exact) mass is 344 g/mol. The first-order chi connectivity index (χ1) is 11.9. The highest BCUT2D eigenvalue weighted by molar-refractivity contribution is 6.14. The Bertz CT molecular complexity index is 816. The maximum absolute atomic E-state index is 12.8. The molecule has 1 aliphatic heterocycles. The van der Waals surface area contributed by atoms with E-state index in [-0.39, 0.29) is 11.3 Å². The number of furan rings is 2. The Morgan fingerprint density at radius 3 is 2.64 bits per heavy atom. The number of Topliss-reactive ketones (excluding diaryl/α,β-unsaturated/α-hetero) is 1. The Balaban J connectivity index is 2.03. The number of aliphatic hydroxyl groups excluding tert-OH is 1. The lowest BCUT2D eigenvalue weighted by molar-refractivity contribution is -0.129. The van der Waals surface area contributed by atoms with Crippen LogP contribution in [-0.4, -0.2) is 53.8 Å². The van der Waals surface area contributed by atoms with Gasteiger partial charge in [0.2, 0.25) is 5.78 Å². The Hall–Kier alpha value is -2.80. The van der Waals surface area contributed by atoms with E-state index in [2.05, 4.69) is 0 Å². The molecule has 0 saturated heterocycles. The summed E-state index contributed by atoms with van der Waals surface area (Å²) in [5.41, 5.74) is -0.0203. The van der Waals surface area contributed by atoms with Crippen LogP contribution in [0.15, 0.2) is 50.7 Å². The molecule has 0 bridgehead atoms. The van der Waals surface area contributed by atoms with Crippen LogP contribution in [0.4, 0.5) is 0 Å². The predicted octanol–water partition coefficient (Wildman–Crippen LogP) is 2.32. The van der Waals surface area contributed by atoms with Crippen molar-refractivity contribution in [1.29, 1.82) is 0 Å². The van der Waals surface area contributed by atoms with Gasteiger partial charge in [0, 0.05) is 13.1 Å². The summed E-state index contributed by atoms with van der Waals surface area (Å²) in [4.78, 5) is 28.7. The lowest BCUT2D eigenvalue weighted by atomic mass is 10.00. The maximum atomic E-state index is 12.8. The number of hydrogen-bond acceptors (Lipinski definition) is 6. The minimum Gasteiger partial charge on any atom is -0.503 e. The normalized spacial score (nSPS) is 17.8. The summed E-state index contributed by atoms with van der Waals surface area (Å²) in [6.45, 7) is 2.70. The van der Waals surface area contributed by atoms with Crippen LogP contribution in [0.25, 0.3) is 0 Å². The minimum absolute atomic E-state index is 0.0203. The predicted molar refractivity (Wildman–Crippen MR) is 89.1 cm³/mol. The first-order valence-corrected chi connectivity index (χ1v) is 7.93. The van der Waals surface area contributed by atoms with Gasteiger partial charge in [0.05, 0.1) is 11.8 Å². The number of aliphatic hydroxyl groups is 1. The summed E-state index contributed by atoms with van der Waals surface area (Å²) in [6.07, 6.45) is 1.37. The van der Waals surface area contributed by atoms with Crippen LogP contribution in [0, 0.1) is 6.92 Å². The highest BCUT2D eigenvalue weighted by atomic mass is 16.3. The molecule has 7 nitrogen and oxygen atoms in total. The number of ketones is 1. The van der Waals surface area contributed by atoms with Crippen molar-refractivity contribution < 1.29 is 23.5 Å². The molecular weight excluding hydrogens is 324 g/mol. The zero-order valence-electron chi connectivity index (χ0n) is 14.4. The summed E-state index contributed by atoms with van der Waals surface area (Å²) >= 11 is 0. The van der Waals surface area contributed by atoms with Crippen LogP contribution >= 0.6 is 0 Å². The van der Waals surface area contributed by atoms with Gasteiger partial charge in [-0.15, -0.1) is 0 Å². The van der Waals surface area contributed by atoms with Gasteiger partial charge >= 0.3 is 0 Å². The van der Waals surface area contributed by atoms with E-state index < -0.39 is 23.5 Å². The van der Waals surface area contributed by atoms with Gasteiger partial charge < -0.3 is 23.7 Å². The molecule has 0 radical (unpaired) electrons. The molecule has 3 rings (SSSR count). The molecule has 2 aromatic heterocycles. The average molecular weight is 344 g/mol. The molecule has 3 heterocycles. The quantitative estimate of drug-likeness (QED) is 0.809. The number of carbonyl (C=O) groups is 2. The Kier molecular flexibility index (Phi) is 4.50. The first-order valence-electron chi connectivity index (χ1n) is 7.93. The number of hydrogen-bond donors (Lipinski definition) is 1. The van der Waals surface area contributed by atoms with E-state index in [0.29, 0.717) is 24.6 Å². The largest absolute Gasteiger partial charge is 0.503 e. The maximum Gasteiger partial charge on any atom is 0.290 e. The molecule has 1 N–H and O–H groups in total. The standard InChI is InChI=1S/C18H20N2O5/c1-11-6-7-12(25-11)15-14(16(21)13-5-4-10-24-13)17(22)18(23)20(15)9-8-19(2)3/h4-7,10,15,22H,8-9H2,1-3H3. The Labute approximate surface area is 145 Å². The zero-order valence-corrected chi connectivity index (χ0v) is 14.4. The van der Waals surface area contributed by atoms with Crippen molar-refractivity contribution in [3.05, 3.63) is 59.1 Å². The number of nitrogens with zero attached hydrogens (tertiary/aromatic N) is 2. The Morgan fingerprint density at radius 2 is 2.08 bits per heavy atom. The minimum atomic E-state index is -0.779. The van der Waals surface area contributed by atoms with Crippen molar-refractivity contribution in [1.82, 2.24) is 9.80 Å². The first kappa shape index (κ1) is 17.0. The van der Waals surface area contributed by atoms with Crippen LogP contribution in [0.1, 0.15) is 28.1 Å². The fourth-order valence-corrected chi connectivity index (χ4v) is 2.86. The van der Waals surface area contributed by atoms with Gasteiger partial charge in [0.1, 0.15) is 17.6 Å². The molecule has 0 aromatic carbocycles. The van der Waals surface area contributed by atoms with Crippen molar-refractivity contribution in [2.75, 3.05) is 27.2 Å². The van der Waals surface area contributed by atoms with Gasteiger partial charge in [-0.1, -0.05) is 0 Å². The summed E-state index contributed by atoms with van der Waals surface area (Å²) in [7, 11) is 3.77. The van der Waals surface area contributed by atoms with Gasteiger partial charge in [-0.2, -0.15) is 0 Å². The van der Waals surface area contributed by atoms with E-state index >= 15 is 0 Å². The van der Waals surface area contributed by atoms with E-state index in [0.717, 1.165) is 0 Å². The van der Waals surface area contributed by atoms with Gasteiger partial charge in [-0.25, -0.2) is 0 Å². The smallest absolute Gasteiger partial charge is 0.290 e.